The lowest BCUT2D eigenvalue weighted by atomic mass is 10.2. The van der Waals surface area contributed by atoms with E-state index in [1.807, 2.05) is 31.2 Å². The molecule has 3 rings (SSSR count). The van der Waals surface area contributed by atoms with Gasteiger partial charge in [0, 0.05) is 16.6 Å². The maximum absolute atomic E-state index is 12.3. The summed E-state index contributed by atoms with van der Waals surface area (Å²) in [5, 5.41) is 17.5. The van der Waals surface area contributed by atoms with Crippen LogP contribution in [0.25, 0.3) is 10.9 Å². The van der Waals surface area contributed by atoms with Crippen LogP contribution in [0, 0.1) is 0 Å². The largest absolute Gasteiger partial charge is 0.494 e. The maximum Gasteiger partial charge on any atom is 0.246 e. The highest BCUT2D eigenvalue weighted by Gasteiger charge is 2.10. The molecule has 124 valence electrons. The van der Waals surface area contributed by atoms with E-state index in [9.17, 15) is 9.90 Å². The Morgan fingerprint density at radius 2 is 2.12 bits per heavy atom. The Hall–Kier alpha value is -2.86. The van der Waals surface area contributed by atoms with E-state index in [1.165, 1.54) is 0 Å². The van der Waals surface area contributed by atoms with Crippen molar-refractivity contribution >= 4 is 22.5 Å². The van der Waals surface area contributed by atoms with Crippen molar-refractivity contribution in [3.05, 3.63) is 54.2 Å². The number of para-hydroxylation sites is 1. The van der Waals surface area contributed by atoms with Crippen LogP contribution in [0.3, 0.4) is 0 Å². The van der Waals surface area contributed by atoms with Crippen LogP contribution in [0.2, 0.25) is 0 Å². The molecular formula is C18H19N3O3. The quantitative estimate of drug-likeness (QED) is 0.730. The molecule has 6 heteroatoms. The van der Waals surface area contributed by atoms with Crippen LogP contribution >= 0.6 is 0 Å². The third kappa shape index (κ3) is 3.38. The number of hydrogen-bond donors (Lipinski definition) is 2. The van der Waals surface area contributed by atoms with Gasteiger partial charge in [-0.25, -0.2) is 0 Å². The second kappa shape index (κ2) is 7.14. The smallest absolute Gasteiger partial charge is 0.246 e. The zero-order valence-corrected chi connectivity index (χ0v) is 13.4. The molecule has 1 amide bonds. The number of carbonyl (C=O) groups is 1. The van der Waals surface area contributed by atoms with Gasteiger partial charge in [-0.15, -0.1) is 0 Å². The number of nitrogens with zero attached hydrogens (tertiary/aromatic N) is 2. The van der Waals surface area contributed by atoms with Crippen LogP contribution in [0.1, 0.15) is 12.5 Å². The van der Waals surface area contributed by atoms with E-state index >= 15 is 0 Å². The first-order chi connectivity index (χ1) is 11.7. The molecule has 6 nitrogen and oxygen atoms in total. The van der Waals surface area contributed by atoms with Gasteiger partial charge in [0.15, 0.2) is 0 Å². The van der Waals surface area contributed by atoms with Gasteiger partial charge in [-0.05, 0) is 31.2 Å². The number of nitrogens with one attached hydrogen (secondary N) is 1. The van der Waals surface area contributed by atoms with Crippen LogP contribution in [-0.2, 0) is 17.9 Å². The molecule has 3 aromatic rings. The molecule has 0 bridgehead atoms. The normalized spacial score (nSPS) is 10.8. The Labute approximate surface area is 139 Å². The van der Waals surface area contributed by atoms with Gasteiger partial charge in [-0.1, -0.05) is 18.2 Å². The van der Waals surface area contributed by atoms with Gasteiger partial charge < -0.3 is 15.2 Å². The van der Waals surface area contributed by atoms with Crippen molar-refractivity contribution in [3.8, 4) is 5.75 Å². The summed E-state index contributed by atoms with van der Waals surface area (Å²) in [6, 6.07) is 12.9. The van der Waals surface area contributed by atoms with E-state index in [-0.39, 0.29) is 19.1 Å². The van der Waals surface area contributed by atoms with Crippen LogP contribution in [0.4, 0.5) is 5.69 Å². The summed E-state index contributed by atoms with van der Waals surface area (Å²) in [5.41, 5.74) is 2.17. The minimum absolute atomic E-state index is 0.120. The fourth-order valence-corrected chi connectivity index (χ4v) is 2.57. The van der Waals surface area contributed by atoms with Crippen LogP contribution < -0.4 is 10.1 Å². The summed E-state index contributed by atoms with van der Waals surface area (Å²) >= 11 is 0. The molecule has 0 aliphatic heterocycles. The average molecular weight is 325 g/mol. The highest BCUT2D eigenvalue weighted by atomic mass is 16.5. The molecular weight excluding hydrogens is 306 g/mol. The molecule has 24 heavy (non-hydrogen) atoms. The first-order valence-corrected chi connectivity index (χ1v) is 7.78. The van der Waals surface area contributed by atoms with E-state index < -0.39 is 0 Å². The Bertz CT molecular complexity index is 858. The molecule has 0 aliphatic carbocycles. The number of aliphatic hydroxyl groups is 1. The molecule has 0 saturated heterocycles. The molecule has 0 atom stereocenters. The van der Waals surface area contributed by atoms with E-state index in [1.54, 1.807) is 29.1 Å². The minimum Gasteiger partial charge on any atom is -0.494 e. The van der Waals surface area contributed by atoms with Gasteiger partial charge in [0.1, 0.15) is 12.3 Å². The van der Waals surface area contributed by atoms with Crippen molar-refractivity contribution in [2.75, 3.05) is 11.9 Å². The predicted octanol–water partition coefficient (Wildman–Crippen LogP) is 2.57. The first-order valence-electron chi connectivity index (χ1n) is 7.78. The van der Waals surface area contributed by atoms with Crippen LogP contribution in [0.5, 0.6) is 5.75 Å². The Morgan fingerprint density at radius 3 is 2.92 bits per heavy atom. The SMILES string of the molecule is CCOc1ccc(NC(=O)Cn2ncc3ccccc32)cc1CO. The zero-order chi connectivity index (χ0) is 16.9. The van der Waals surface area contributed by atoms with E-state index in [0.717, 1.165) is 10.9 Å². The predicted molar refractivity (Wildman–Crippen MR) is 91.9 cm³/mol. The summed E-state index contributed by atoms with van der Waals surface area (Å²) in [5.74, 6) is 0.438. The van der Waals surface area contributed by atoms with E-state index in [4.69, 9.17) is 4.74 Å². The Balaban J connectivity index is 1.73. The van der Waals surface area contributed by atoms with Gasteiger partial charge in [0.2, 0.25) is 5.91 Å². The molecule has 0 saturated carbocycles. The van der Waals surface area contributed by atoms with E-state index in [2.05, 4.69) is 10.4 Å². The van der Waals surface area contributed by atoms with Gasteiger partial charge in [0.05, 0.1) is 24.9 Å². The lowest BCUT2D eigenvalue weighted by Crippen LogP contribution is -2.19. The Kier molecular flexibility index (Phi) is 4.77. The van der Waals surface area contributed by atoms with Crippen LogP contribution in [0.15, 0.2) is 48.7 Å². The summed E-state index contributed by atoms with van der Waals surface area (Å²) in [6.07, 6.45) is 1.74. The van der Waals surface area contributed by atoms with Crippen molar-refractivity contribution in [3.63, 3.8) is 0 Å². The summed E-state index contributed by atoms with van der Waals surface area (Å²) in [7, 11) is 0. The second-order valence-corrected chi connectivity index (χ2v) is 5.32. The molecule has 0 aliphatic rings. The lowest BCUT2D eigenvalue weighted by Gasteiger charge is -2.11. The number of aliphatic hydroxyl groups excluding tert-OH is 1. The number of ether oxygens (including phenoxy) is 1. The third-order valence-corrected chi connectivity index (χ3v) is 3.66. The van der Waals surface area contributed by atoms with Gasteiger partial charge in [0.25, 0.3) is 0 Å². The number of benzene rings is 2. The number of fused-ring (bicyclic) bond motifs is 1. The molecule has 0 radical (unpaired) electrons. The number of hydrogen-bond acceptors (Lipinski definition) is 4. The van der Waals surface area contributed by atoms with Crippen molar-refractivity contribution in [2.24, 2.45) is 0 Å². The molecule has 0 unspecified atom stereocenters. The molecule has 1 heterocycles. The number of anilines is 1. The van der Waals surface area contributed by atoms with Gasteiger partial charge in [-0.3, -0.25) is 9.48 Å². The third-order valence-electron chi connectivity index (χ3n) is 3.66. The number of carbonyl (C=O) groups excluding carboxylic acids is 1. The number of rotatable bonds is 6. The fourth-order valence-electron chi connectivity index (χ4n) is 2.57. The Morgan fingerprint density at radius 1 is 1.29 bits per heavy atom. The van der Waals surface area contributed by atoms with Crippen molar-refractivity contribution in [1.82, 2.24) is 9.78 Å². The highest BCUT2D eigenvalue weighted by molar-refractivity contribution is 5.91. The second-order valence-electron chi connectivity index (χ2n) is 5.32. The highest BCUT2D eigenvalue weighted by Crippen LogP contribution is 2.23. The lowest BCUT2D eigenvalue weighted by molar-refractivity contribution is -0.116. The maximum atomic E-state index is 12.3. The number of amides is 1. The van der Waals surface area contributed by atoms with Gasteiger partial charge >= 0.3 is 0 Å². The molecule has 0 fully saturated rings. The molecule has 0 spiro atoms. The summed E-state index contributed by atoms with van der Waals surface area (Å²) in [6.45, 7) is 2.37. The average Bonchev–Trinajstić information content (AvgIpc) is 2.99. The summed E-state index contributed by atoms with van der Waals surface area (Å²) < 4.78 is 7.09. The standard InChI is InChI=1S/C18H19N3O3/c1-2-24-17-8-7-15(9-14(17)12-22)20-18(23)11-21-16-6-4-3-5-13(16)10-19-21/h3-10,22H,2,11-12H2,1H3,(H,20,23). The zero-order valence-electron chi connectivity index (χ0n) is 13.4. The van der Waals surface area contributed by atoms with Crippen molar-refractivity contribution in [2.45, 2.75) is 20.1 Å². The fraction of sp³-hybridized carbons (Fsp3) is 0.222. The van der Waals surface area contributed by atoms with Crippen LogP contribution in [-0.4, -0.2) is 27.4 Å². The van der Waals surface area contributed by atoms with E-state index in [0.29, 0.717) is 23.6 Å². The molecule has 1 aromatic heterocycles. The number of aromatic nitrogens is 2. The van der Waals surface area contributed by atoms with Crippen molar-refractivity contribution in [1.29, 1.82) is 0 Å². The summed E-state index contributed by atoms with van der Waals surface area (Å²) in [4.78, 5) is 12.3. The van der Waals surface area contributed by atoms with Gasteiger partial charge in [-0.2, -0.15) is 5.10 Å². The minimum atomic E-state index is -0.183. The molecule has 2 aromatic carbocycles. The topological polar surface area (TPSA) is 76.4 Å². The first kappa shape index (κ1) is 16.0. The molecule has 2 N–H and O–H groups in total. The monoisotopic (exact) mass is 325 g/mol. The van der Waals surface area contributed by atoms with Crippen molar-refractivity contribution < 1.29 is 14.6 Å².